The lowest BCUT2D eigenvalue weighted by molar-refractivity contribution is 0.638. The van der Waals surface area contributed by atoms with E-state index in [1.807, 2.05) is 0 Å². The zero-order chi connectivity index (χ0) is 6.97. The lowest BCUT2D eigenvalue weighted by Gasteiger charge is -2.09. The summed E-state index contributed by atoms with van der Waals surface area (Å²) in [5.41, 5.74) is 1.08. The molecule has 0 aromatic carbocycles. The second-order valence-electron chi connectivity index (χ2n) is 2.34. The molecule has 1 aromatic heterocycles. The van der Waals surface area contributed by atoms with Crippen LogP contribution in [0.25, 0.3) is 0 Å². The Balaban J connectivity index is 2.50. The van der Waals surface area contributed by atoms with Crippen LogP contribution >= 0.6 is 11.3 Å². The summed E-state index contributed by atoms with van der Waals surface area (Å²) in [7, 11) is 0. The SMILES string of the molecule is O=c1[nH]c2c(s1)CCNC2. The van der Waals surface area contributed by atoms with Gasteiger partial charge in [0.1, 0.15) is 0 Å². The smallest absolute Gasteiger partial charge is 0.304 e. The number of nitrogens with one attached hydrogen (secondary N) is 2. The molecular weight excluding hydrogens is 148 g/mol. The molecule has 0 saturated heterocycles. The van der Waals surface area contributed by atoms with E-state index in [0.29, 0.717) is 0 Å². The van der Waals surface area contributed by atoms with Crippen LogP contribution < -0.4 is 10.2 Å². The molecule has 0 bridgehead atoms. The number of thiazole rings is 1. The third kappa shape index (κ3) is 0.892. The summed E-state index contributed by atoms with van der Waals surface area (Å²) in [6, 6.07) is 0. The molecule has 1 aromatic rings. The van der Waals surface area contributed by atoms with Crippen LogP contribution in [0.4, 0.5) is 0 Å². The van der Waals surface area contributed by atoms with Gasteiger partial charge in [0, 0.05) is 23.7 Å². The Morgan fingerprint density at radius 2 is 2.40 bits per heavy atom. The Hall–Kier alpha value is -0.610. The van der Waals surface area contributed by atoms with Crippen LogP contribution in [0.2, 0.25) is 0 Å². The molecule has 0 atom stereocenters. The van der Waals surface area contributed by atoms with E-state index in [0.717, 1.165) is 25.2 Å². The van der Waals surface area contributed by atoms with Gasteiger partial charge in [0.15, 0.2) is 0 Å². The molecule has 4 heteroatoms. The van der Waals surface area contributed by atoms with Gasteiger partial charge in [-0.1, -0.05) is 11.3 Å². The molecule has 1 aliphatic heterocycles. The standard InChI is InChI=1S/C6H8N2OS/c9-6-8-4-3-7-2-1-5(4)10-6/h7H,1-3H2,(H,8,9). The molecule has 0 aliphatic carbocycles. The number of aromatic nitrogens is 1. The van der Waals surface area contributed by atoms with Gasteiger partial charge in [-0.3, -0.25) is 4.79 Å². The first kappa shape index (κ1) is 6.12. The van der Waals surface area contributed by atoms with Gasteiger partial charge in [-0.15, -0.1) is 0 Å². The van der Waals surface area contributed by atoms with Crippen molar-refractivity contribution in [2.45, 2.75) is 13.0 Å². The second-order valence-corrected chi connectivity index (χ2v) is 3.41. The monoisotopic (exact) mass is 156 g/mol. The van der Waals surface area contributed by atoms with Crippen molar-refractivity contribution >= 4 is 11.3 Å². The van der Waals surface area contributed by atoms with Gasteiger partial charge in [0.05, 0.1) is 0 Å². The second kappa shape index (κ2) is 2.21. The first-order valence-electron chi connectivity index (χ1n) is 3.28. The lowest BCUT2D eigenvalue weighted by Crippen LogP contribution is -2.22. The van der Waals surface area contributed by atoms with Crippen LogP contribution in [0.1, 0.15) is 10.6 Å². The first-order chi connectivity index (χ1) is 4.86. The van der Waals surface area contributed by atoms with E-state index in [9.17, 15) is 4.79 Å². The van der Waals surface area contributed by atoms with Crippen LogP contribution in [0, 0.1) is 0 Å². The fourth-order valence-electron chi connectivity index (χ4n) is 1.15. The van der Waals surface area contributed by atoms with Crippen molar-refractivity contribution in [2.24, 2.45) is 0 Å². The van der Waals surface area contributed by atoms with Crippen molar-refractivity contribution in [3.63, 3.8) is 0 Å². The Labute approximate surface area is 62.1 Å². The first-order valence-corrected chi connectivity index (χ1v) is 4.09. The summed E-state index contributed by atoms with van der Waals surface area (Å²) in [6.45, 7) is 1.83. The summed E-state index contributed by atoms with van der Waals surface area (Å²) >= 11 is 1.34. The molecule has 3 nitrogen and oxygen atoms in total. The molecule has 0 fully saturated rings. The number of hydrogen-bond acceptors (Lipinski definition) is 3. The fraction of sp³-hybridized carbons (Fsp3) is 0.500. The minimum Gasteiger partial charge on any atom is -0.315 e. The highest BCUT2D eigenvalue weighted by molar-refractivity contribution is 7.09. The Morgan fingerprint density at radius 3 is 3.20 bits per heavy atom. The molecule has 2 heterocycles. The van der Waals surface area contributed by atoms with Crippen LogP contribution in [-0.4, -0.2) is 11.5 Å². The van der Waals surface area contributed by atoms with Gasteiger partial charge in [-0.05, 0) is 6.42 Å². The van der Waals surface area contributed by atoms with Crippen LogP contribution in [-0.2, 0) is 13.0 Å². The third-order valence-corrected chi connectivity index (χ3v) is 2.62. The minimum absolute atomic E-state index is 0.0775. The average molecular weight is 156 g/mol. The van der Waals surface area contributed by atoms with Crippen LogP contribution in [0.5, 0.6) is 0 Å². The summed E-state index contributed by atoms with van der Waals surface area (Å²) < 4.78 is 0. The third-order valence-electron chi connectivity index (χ3n) is 1.64. The van der Waals surface area contributed by atoms with E-state index in [4.69, 9.17) is 0 Å². The van der Waals surface area contributed by atoms with Crippen LogP contribution in [0.15, 0.2) is 4.79 Å². The zero-order valence-electron chi connectivity index (χ0n) is 5.44. The van der Waals surface area contributed by atoms with Crippen LogP contribution in [0.3, 0.4) is 0 Å². The van der Waals surface area contributed by atoms with E-state index in [1.165, 1.54) is 16.2 Å². The van der Waals surface area contributed by atoms with Crippen molar-refractivity contribution < 1.29 is 0 Å². The molecule has 2 N–H and O–H groups in total. The number of fused-ring (bicyclic) bond motifs is 1. The molecular formula is C6H8N2OS. The lowest BCUT2D eigenvalue weighted by atomic mass is 10.2. The van der Waals surface area contributed by atoms with E-state index in [2.05, 4.69) is 10.3 Å². The van der Waals surface area contributed by atoms with Crippen molar-refractivity contribution in [2.75, 3.05) is 6.54 Å². The van der Waals surface area contributed by atoms with E-state index >= 15 is 0 Å². The Kier molecular flexibility index (Phi) is 1.35. The van der Waals surface area contributed by atoms with Gasteiger partial charge in [0.2, 0.25) is 0 Å². The molecule has 0 amide bonds. The predicted molar refractivity (Wildman–Crippen MR) is 40.4 cm³/mol. The Morgan fingerprint density at radius 1 is 1.50 bits per heavy atom. The number of aromatic amines is 1. The molecule has 0 unspecified atom stereocenters. The highest BCUT2D eigenvalue weighted by Gasteiger charge is 2.10. The average Bonchev–Trinajstić information content (AvgIpc) is 2.27. The summed E-state index contributed by atoms with van der Waals surface area (Å²) in [5.74, 6) is 0. The van der Waals surface area contributed by atoms with Gasteiger partial charge in [0.25, 0.3) is 0 Å². The normalized spacial score (nSPS) is 16.8. The molecule has 0 radical (unpaired) electrons. The molecule has 2 rings (SSSR count). The van der Waals surface area contributed by atoms with Crippen molar-refractivity contribution in [1.29, 1.82) is 0 Å². The maximum atomic E-state index is 10.8. The molecule has 0 saturated carbocycles. The predicted octanol–water partition coefficient (Wildman–Crippen LogP) is 0.0821. The van der Waals surface area contributed by atoms with Gasteiger partial charge in [-0.25, -0.2) is 0 Å². The highest BCUT2D eigenvalue weighted by atomic mass is 32.1. The number of hydrogen-bond donors (Lipinski definition) is 2. The van der Waals surface area contributed by atoms with Crippen molar-refractivity contribution in [3.05, 3.63) is 20.2 Å². The maximum Gasteiger partial charge on any atom is 0.304 e. The number of rotatable bonds is 0. The summed E-state index contributed by atoms with van der Waals surface area (Å²) in [5, 5.41) is 3.19. The summed E-state index contributed by atoms with van der Waals surface area (Å²) in [6.07, 6.45) is 0.999. The van der Waals surface area contributed by atoms with Gasteiger partial charge < -0.3 is 10.3 Å². The largest absolute Gasteiger partial charge is 0.315 e. The van der Waals surface area contributed by atoms with Gasteiger partial charge >= 0.3 is 4.87 Å². The van der Waals surface area contributed by atoms with E-state index in [-0.39, 0.29) is 4.87 Å². The minimum atomic E-state index is 0.0775. The Bertz CT molecular complexity index is 262. The van der Waals surface area contributed by atoms with E-state index in [1.54, 1.807) is 0 Å². The maximum absolute atomic E-state index is 10.8. The molecule has 0 spiro atoms. The molecule has 1 aliphatic rings. The van der Waals surface area contributed by atoms with E-state index < -0.39 is 0 Å². The zero-order valence-corrected chi connectivity index (χ0v) is 6.25. The summed E-state index contributed by atoms with van der Waals surface area (Å²) in [4.78, 5) is 14.9. The number of H-pyrrole nitrogens is 1. The van der Waals surface area contributed by atoms with Crippen molar-refractivity contribution in [3.8, 4) is 0 Å². The van der Waals surface area contributed by atoms with Gasteiger partial charge in [-0.2, -0.15) is 0 Å². The highest BCUT2D eigenvalue weighted by Crippen LogP contribution is 2.12. The topological polar surface area (TPSA) is 44.9 Å². The fourth-order valence-corrected chi connectivity index (χ4v) is 2.00. The molecule has 54 valence electrons. The quantitative estimate of drug-likeness (QED) is 0.559. The van der Waals surface area contributed by atoms with Crippen molar-refractivity contribution in [1.82, 2.24) is 10.3 Å². The molecule has 10 heavy (non-hydrogen) atoms.